The van der Waals surface area contributed by atoms with E-state index in [0.717, 1.165) is 32.8 Å². The number of nitrogens with zero attached hydrogens (tertiary/aromatic N) is 3. The predicted molar refractivity (Wildman–Crippen MR) is 96.7 cm³/mol. The van der Waals surface area contributed by atoms with E-state index >= 15 is 0 Å². The quantitative estimate of drug-likeness (QED) is 0.314. The summed E-state index contributed by atoms with van der Waals surface area (Å²) in [5, 5.41) is 15.9. The van der Waals surface area contributed by atoms with Gasteiger partial charge < -0.3 is 0 Å². The molecule has 2 aromatic carbocycles. The Bertz CT molecular complexity index is 836. The molecule has 0 spiro atoms. The number of nitrogens with one attached hydrogen (secondary N) is 1. The fourth-order valence-electron chi connectivity index (χ4n) is 1.94. The molecule has 1 N–H and O–H groups in total. The Morgan fingerprint density at radius 3 is 2.48 bits per heavy atom. The van der Waals surface area contributed by atoms with Crippen LogP contribution in [0, 0.1) is 10.7 Å². The summed E-state index contributed by atoms with van der Waals surface area (Å²) in [6.07, 6.45) is 1.74. The Balaban J connectivity index is 1.81. The standard InChI is InChI=1S/C17H12N4S2/c18-12-22-16-15(14-9-5-2-6-10-14)20-17(23-16)21-19-11-13-7-3-1-4-8-13/h1-11H,(H,20,21)/b19-11+. The Hall–Kier alpha value is -2.62. The zero-order valence-electron chi connectivity index (χ0n) is 12.0. The van der Waals surface area contributed by atoms with Crippen molar-refractivity contribution in [2.45, 2.75) is 4.21 Å². The molecule has 0 bridgehead atoms. The number of hydrogen-bond acceptors (Lipinski definition) is 6. The molecule has 0 fully saturated rings. The van der Waals surface area contributed by atoms with Crippen molar-refractivity contribution in [2.24, 2.45) is 5.10 Å². The lowest BCUT2D eigenvalue weighted by Gasteiger charge is -1.97. The van der Waals surface area contributed by atoms with Crippen LogP contribution in [-0.2, 0) is 0 Å². The van der Waals surface area contributed by atoms with Gasteiger partial charge in [0.1, 0.15) is 9.61 Å². The molecule has 1 heterocycles. The summed E-state index contributed by atoms with van der Waals surface area (Å²) in [5.41, 5.74) is 5.73. The molecule has 0 atom stereocenters. The lowest BCUT2D eigenvalue weighted by Crippen LogP contribution is -1.89. The Labute approximate surface area is 142 Å². The minimum atomic E-state index is 0.661. The minimum Gasteiger partial charge on any atom is -0.253 e. The molecule has 0 aliphatic rings. The molecule has 4 nitrogen and oxygen atoms in total. The molecular formula is C17H12N4S2. The zero-order valence-corrected chi connectivity index (χ0v) is 13.6. The summed E-state index contributed by atoms with van der Waals surface area (Å²) in [7, 11) is 0. The average Bonchev–Trinajstić information content (AvgIpc) is 3.00. The SMILES string of the molecule is N#CSc1sc(N/N=C/c2ccccc2)nc1-c1ccccc1. The largest absolute Gasteiger partial charge is 0.253 e. The first-order chi connectivity index (χ1) is 11.4. The van der Waals surface area contributed by atoms with Crippen molar-refractivity contribution < 1.29 is 0 Å². The molecule has 3 rings (SSSR count). The van der Waals surface area contributed by atoms with Gasteiger partial charge in [0.05, 0.1) is 11.9 Å². The number of thioether (sulfide) groups is 1. The summed E-state index contributed by atoms with van der Waals surface area (Å²) in [4.78, 5) is 4.55. The molecule has 0 radical (unpaired) electrons. The van der Waals surface area contributed by atoms with Gasteiger partial charge in [0.2, 0.25) is 5.13 Å². The molecule has 0 amide bonds. The normalized spacial score (nSPS) is 10.6. The zero-order chi connectivity index (χ0) is 15.9. The van der Waals surface area contributed by atoms with E-state index in [1.165, 1.54) is 11.3 Å². The number of benzene rings is 2. The fourth-order valence-corrected chi connectivity index (χ4v) is 3.47. The number of anilines is 1. The summed E-state index contributed by atoms with van der Waals surface area (Å²) < 4.78 is 0.858. The monoisotopic (exact) mass is 336 g/mol. The summed E-state index contributed by atoms with van der Waals surface area (Å²) in [6, 6.07) is 19.6. The van der Waals surface area contributed by atoms with E-state index in [0.29, 0.717) is 5.13 Å². The van der Waals surface area contributed by atoms with E-state index in [1.807, 2.05) is 60.7 Å². The molecular weight excluding hydrogens is 324 g/mol. The van der Waals surface area contributed by atoms with Crippen LogP contribution in [0.2, 0.25) is 0 Å². The number of hydrogen-bond donors (Lipinski definition) is 1. The molecule has 112 valence electrons. The molecule has 0 unspecified atom stereocenters. The minimum absolute atomic E-state index is 0.661. The van der Waals surface area contributed by atoms with Crippen molar-refractivity contribution in [3.63, 3.8) is 0 Å². The van der Waals surface area contributed by atoms with Crippen molar-refractivity contribution >= 4 is 34.4 Å². The smallest absolute Gasteiger partial charge is 0.205 e. The van der Waals surface area contributed by atoms with Gasteiger partial charge in [-0.05, 0) is 5.56 Å². The van der Waals surface area contributed by atoms with Crippen molar-refractivity contribution in [1.82, 2.24) is 4.98 Å². The number of thiocyanates is 1. The van der Waals surface area contributed by atoms with Crippen molar-refractivity contribution in [1.29, 1.82) is 5.26 Å². The van der Waals surface area contributed by atoms with Crippen molar-refractivity contribution in [3.8, 4) is 16.7 Å². The van der Waals surface area contributed by atoms with E-state index in [9.17, 15) is 0 Å². The van der Waals surface area contributed by atoms with Crippen LogP contribution in [-0.4, -0.2) is 11.2 Å². The van der Waals surface area contributed by atoms with Gasteiger partial charge in [0.15, 0.2) is 0 Å². The van der Waals surface area contributed by atoms with Crippen LogP contribution < -0.4 is 5.43 Å². The number of hydrazone groups is 1. The molecule has 3 aromatic rings. The first-order valence-electron chi connectivity index (χ1n) is 6.83. The number of thiazole rings is 1. The second-order valence-electron chi connectivity index (χ2n) is 4.50. The predicted octanol–water partition coefficient (Wildman–Crippen LogP) is 4.83. The van der Waals surface area contributed by atoms with E-state index in [1.54, 1.807) is 6.21 Å². The van der Waals surface area contributed by atoms with Gasteiger partial charge in [0.25, 0.3) is 0 Å². The van der Waals surface area contributed by atoms with Gasteiger partial charge in [-0.3, -0.25) is 5.43 Å². The fraction of sp³-hybridized carbons (Fsp3) is 0. The van der Waals surface area contributed by atoms with Gasteiger partial charge in [0, 0.05) is 17.3 Å². The summed E-state index contributed by atoms with van der Waals surface area (Å²) >= 11 is 2.54. The van der Waals surface area contributed by atoms with Crippen LogP contribution in [0.1, 0.15) is 5.56 Å². The van der Waals surface area contributed by atoms with Gasteiger partial charge in [-0.25, -0.2) is 4.98 Å². The maximum absolute atomic E-state index is 8.97. The van der Waals surface area contributed by atoms with Crippen molar-refractivity contribution in [2.75, 3.05) is 5.43 Å². The highest BCUT2D eigenvalue weighted by atomic mass is 32.2. The van der Waals surface area contributed by atoms with Crippen molar-refractivity contribution in [3.05, 3.63) is 66.2 Å². The molecule has 0 aliphatic carbocycles. The molecule has 0 saturated heterocycles. The highest BCUT2D eigenvalue weighted by Gasteiger charge is 2.13. The Morgan fingerprint density at radius 2 is 1.78 bits per heavy atom. The second-order valence-corrected chi connectivity index (χ2v) is 6.55. The van der Waals surface area contributed by atoms with Gasteiger partial charge >= 0.3 is 0 Å². The topological polar surface area (TPSA) is 61.1 Å². The van der Waals surface area contributed by atoms with E-state index in [4.69, 9.17) is 5.26 Å². The first-order valence-corrected chi connectivity index (χ1v) is 8.46. The van der Waals surface area contributed by atoms with E-state index in [-0.39, 0.29) is 0 Å². The third kappa shape index (κ3) is 3.97. The average molecular weight is 336 g/mol. The molecule has 1 aromatic heterocycles. The Morgan fingerprint density at radius 1 is 1.09 bits per heavy atom. The van der Waals surface area contributed by atoms with Crippen LogP contribution in [0.4, 0.5) is 5.13 Å². The summed E-state index contributed by atoms with van der Waals surface area (Å²) in [6.45, 7) is 0. The van der Waals surface area contributed by atoms with Gasteiger partial charge in [-0.1, -0.05) is 72.0 Å². The number of aromatic nitrogens is 1. The number of rotatable bonds is 5. The highest BCUT2D eigenvalue weighted by molar-refractivity contribution is 8.05. The van der Waals surface area contributed by atoms with E-state index < -0.39 is 0 Å². The second kappa shape index (κ2) is 7.58. The van der Waals surface area contributed by atoms with Crippen LogP contribution >= 0.6 is 23.1 Å². The van der Waals surface area contributed by atoms with Crippen LogP contribution in [0.5, 0.6) is 0 Å². The highest BCUT2D eigenvalue weighted by Crippen LogP contribution is 2.37. The van der Waals surface area contributed by atoms with Crippen LogP contribution in [0.15, 0.2) is 70.0 Å². The maximum atomic E-state index is 8.97. The van der Waals surface area contributed by atoms with Gasteiger partial charge in [-0.15, -0.1) is 0 Å². The van der Waals surface area contributed by atoms with Gasteiger partial charge in [-0.2, -0.15) is 10.4 Å². The molecule has 23 heavy (non-hydrogen) atoms. The van der Waals surface area contributed by atoms with Crippen LogP contribution in [0.3, 0.4) is 0 Å². The third-order valence-electron chi connectivity index (χ3n) is 2.96. The van der Waals surface area contributed by atoms with Crippen LogP contribution in [0.25, 0.3) is 11.3 Å². The number of nitriles is 1. The third-order valence-corrected chi connectivity index (χ3v) is 4.68. The molecule has 0 aliphatic heterocycles. The maximum Gasteiger partial charge on any atom is 0.205 e. The lowest BCUT2D eigenvalue weighted by atomic mass is 10.2. The lowest BCUT2D eigenvalue weighted by molar-refractivity contribution is 1.28. The Kier molecular flexibility index (Phi) is 5.04. The first kappa shape index (κ1) is 15.3. The molecule has 6 heteroatoms. The summed E-state index contributed by atoms with van der Waals surface area (Å²) in [5.74, 6) is 0. The van der Waals surface area contributed by atoms with E-state index in [2.05, 4.69) is 20.9 Å². The molecule has 0 saturated carbocycles.